The van der Waals surface area contributed by atoms with Crippen molar-refractivity contribution in [2.24, 2.45) is 0 Å². The maximum absolute atomic E-state index is 13.4. The van der Waals surface area contributed by atoms with Crippen molar-refractivity contribution in [3.63, 3.8) is 0 Å². The van der Waals surface area contributed by atoms with Crippen LogP contribution in [-0.4, -0.2) is 30.8 Å². The average molecular weight is 289 g/mol. The monoisotopic (exact) mass is 289 g/mol. The molecule has 0 aromatic heterocycles. The second-order valence-corrected chi connectivity index (χ2v) is 4.43. The van der Waals surface area contributed by atoms with E-state index >= 15 is 0 Å². The predicted octanol–water partition coefficient (Wildman–Crippen LogP) is 2.80. The van der Waals surface area contributed by atoms with Gasteiger partial charge in [0.05, 0.1) is 6.54 Å². The van der Waals surface area contributed by atoms with Crippen LogP contribution in [0.3, 0.4) is 0 Å². The molecule has 0 aliphatic rings. The van der Waals surface area contributed by atoms with Crippen molar-refractivity contribution < 1.29 is 19.0 Å². The molecular weight excluding hydrogens is 273 g/mol. The van der Waals surface area contributed by atoms with E-state index in [0.717, 1.165) is 5.69 Å². The van der Waals surface area contributed by atoms with Crippen LogP contribution in [0.1, 0.15) is 0 Å². The minimum absolute atomic E-state index is 0.134. The third-order valence-electron chi connectivity index (χ3n) is 2.90. The van der Waals surface area contributed by atoms with Gasteiger partial charge in [0, 0.05) is 5.69 Å². The van der Waals surface area contributed by atoms with E-state index < -0.39 is 11.8 Å². The number of carbonyl (C=O) groups is 1. The van der Waals surface area contributed by atoms with Gasteiger partial charge in [0.2, 0.25) is 0 Å². The van der Waals surface area contributed by atoms with E-state index in [0.29, 0.717) is 6.54 Å². The van der Waals surface area contributed by atoms with Crippen LogP contribution in [0, 0.1) is 5.82 Å². The summed E-state index contributed by atoms with van der Waals surface area (Å²) in [7, 11) is 0. The van der Waals surface area contributed by atoms with Gasteiger partial charge in [0.15, 0.2) is 11.6 Å². The first-order valence-corrected chi connectivity index (χ1v) is 6.56. The van der Waals surface area contributed by atoms with Crippen molar-refractivity contribution in [2.75, 3.05) is 24.6 Å². The van der Waals surface area contributed by atoms with Gasteiger partial charge in [-0.15, -0.1) is 0 Å². The summed E-state index contributed by atoms with van der Waals surface area (Å²) in [6, 6.07) is 15.3. The highest BCUT2D eigenvalue weighted by molar-refractivity contribution is 5.73. The maximum Gasteiger partial charge on any atom is 0.323 e. The third kappa shape index (κ3) is 4.49. The number of rotatable bonds is 7. The zero-order chi connectivity index (χ0) is 15.1. The molecular formula is C16H16FNO3. The molecule has 2 aromatic carbocycles. The average Bonchev–Trinajstić information content (AvgIpc) is 2.49. The molecule has 0 saturated carbocycles. The van der Waals surface area contributed by atoms with Gasteiger partial charge in [-0.25, -0.2) is 4.39 Å². The normalized spacial score (nSPS) is 10.1. The molecule has 5 heteroatoms. The number of anilines is 1. The highest BCUT2D eigenvalue weighted by Crippen LogP contribution is 2.16. The molecule has 0 radical (unpaired) electrons. The number of halogens is 1. The van der Waals surface area contributed by atoms with Crippen molar-refractivity contribution in [1.82, 2.24) is 0 Å². The fraction of sp³-hybridized carbons (Fsp3) is 0.188. The number of carboxylic acids is 1. The smallest absolute Gasteiger partial charge is 0.323 e. The van der Waals surface area contributed by atoms with Crippen molar-refractivity contribution in [3.8, 4) is 5.75 Å². The zero-order valence-corrected chi connectivity index (χ0v) is 11.4. The molecule has 21 heavy (non-hydrogen) atoms. The quantitative estimate of drug-likeness (QED) is 0.851. The molecule has 0 spiro atoms. The number of hydrogen-bond donors (Lipinski definition) is 1. The van der Waals surface area contributed by atoms with Crippen LogP contribution in [0.2, 0.25) is 0 Å². The molecule has 0 bridgehead atoms. The molecule has 1 N–H and O–H groups in total. The SMILES string of the molecule is O=C(O)CN(CCOc1ccccc1F)c1ccccc1. The standard InChI is InChI=1S/C16H16FNO3/c17-14-8-4-5-9-15(14)21-11-10-18(12-16(19)20)13-6-2-1-3-7-13/h1-9H,10-12H2,(H,19,20). The number of aliphatic carboxylic acids is 1. The minimum atomic E-state index is -0.926. The van der Waals surface area contributed by atoms with Crippen LogP contribution in [0.15, 0.2) is 54.6 Å². The second kappa shape index (κ2) is 7.28. The molecule has 2 aromatic rings. The summed E-state index contributed by atoms with van der Waals surface area (Å²) in [5, 5.41) is 8.96. The van der Waals surface area contributed by atoms with E-state index in [1.54, 1.807) is 23.1 Å². The van der Waals surface area contributed by atoms with Crippen molar-refractivity contribution >= 4 is 11.7 Å². The Hall–Kier alpha value is -2.56. The van der Waals surface area contributed by atoms with Crippen LogP contribution in [0.25, 0.3) is 0 Å². The van der Waals surface area contributed by atoms with Gasteiger partial charge >= 0.3 is 5.97 Å². The van der Waals surface area contributed by atoms with E-state index in [-0.39, 0.29) is 18.9 Å². The molecule has 4 nitrogen and oxygen atoms in total. The lowest BCUT2D eigenvalue weighted by Crippen LogP contribution is -2.33. The zero-order valence-electron chi connectivity index (χ0n) is 11.4. The van der Waals surface area contributed by atoms with Gasteiger partial charge in [-0.3, -0.25) is 4.79 Å². The lowest BCUT2D eigenvalue weighted by Gasteiger charge is -2.22. The van der Waals surface area contributed by atoms with Gasteiger partial charge in [0.25, 0.3) is 0 Å². The molecule has 110 valence electrons. The van der Waals surface area contributed by atoms with Crippen molar-refractivity contribution in [1.29, 1.82) is 0 Å². The Kier molecular flexibility index (Phi) is 5.15. The van der Waals surface area contributed by atoms with Gasteiger partial charge in [0.1, 0.15) is 13.2 Å². The Morgan fingerprint density at radius 2 is 1.76 bits per heavy atom. The molecule has 0 atom stereocenters. The van der Waals surface area contributed by atoms with E-state index in [9.17, 15) is 9.18 Å². The molecule has 0 amide bonds. The highest BCUT2D eigenvalue weighted by Gasteiger charge is 2.11. The summed E-state index contributed by atoms with van der Waals surface area (Å²) >= 11 is 0. The first kappa shape index (κ1) is 14.8. The first-order chi connectivity index (χ1) is 10.2. The van der Waals surface area contributed by atoms with Gasteiger partial charge < -0.3 is 14.7 Å². The summed E-state index contributed by atoms with van der Waals surface area (Å²) in [5.74, 6) is -1.19. The molecule has 0 aliphatic carbocycles. The molecule has 2 rings (SSSR count). The lowest BCUT2D eigenvalue weighted by atomic mass is 10.3. The number of para-hydroxylation sites is 2. The van der Waals surface area contributed by atoms with Crippen LogP contribution in [0.4, 0.5) is 10.1 Å². The molecule has 0 unspecified atom stereocenters. The number of ether oxygens (including phenoxy) is 1. The first-order valence-electron chi connectivity index (χ1n) is 6.56. The fourth-order valence-corrected chi connectivity index (χ4v) is 1.93. The van der Waals surface area contributed by atoms with E-state index in [4.69, 9.17) is 9.84 Å². The van der Waals surface area contributed by atoms with E-state index in [1.807, 2.05) is 30.3 Å². The van der Waals surface area contributed by atoms with Gasteiger partial charge in [-0.2, -0.15) is 0 Å². The highest BCUT2D eigenvalue weighted by atomic mass is 19.1. The number of nitrogens with zero attached hydrogens (tertiary/aromatic N) is 1. The van der Waals surface area contributed by atoms with Crippen molar-refractivity contribution in [3.05, 3.63) is 60.4 Å². The molecule has 0 fully saturated rings. The Labute approximate surface area is 122 Å². The predicted molar refractivity (Wildman–Crippen MR) is 78.2 cm³/mol. The summed E-state index contributed by atoms with van der Waals surface area (Å²) in [5.41, 5.74) is 0.789. The minimum Gasteiger partial charge on any atom is -0.489 e. The third-order valence-corrected chi connectivity index (χ3v) is 2.90. The van der Waals surface area contributed by atoms with Crippen LogP contribution in [0.5, 0.6) is 5.75 Å². The molecule has 0 heterocycles. The number of benzene rings is 2. The van der Waals surface area contributed by atoms with Crippen molar-refractivity contribution in [2.45, 2.75) is 0 Å². The molecule has 0 aliphatic heterocycles. The largest absolute Gasteiger partial charge is 0.489 e. The maximum atomic E-state index is 13.4. The fourth-order valence-electron chi connectivity index (χ4n) is 1.93. The summed E-state index contributed by atoms with van der Waals surface area (Å²) < 4.78 is 18.8. The summed E-state index contributed by atoms with van der Waals surface area (Å²) in [6.07, 6.45) is 0. The Morgan fingerprint density at radius 3 is 2.43 bits per heavy atom. The van der Waals surface area contributed by atoms with E-state index in [2.05, 4.69) is 0 Å². The Bertz CT molecular complexity index is 589. The number of carboxylic acid groups (broad SMARTS) is 1. The van der Waals surface area contributed by atoms with Gasteiger partial charge in [-0.05, 0) is 24.3 Å². The topological polar surface area (TPSA) is 49.8 Å². The summed E-state index contributed by atoms with van der Waals surface area (Å²) in [4.78, 5) is 12.6. The van der Waals surface area contributed by atoms with E-state index in [1.165, 1.54) is 6.07 Å². The Morgan fingerprint density at radius 1 is 1.10 bits per heavy atom. The Balaban J connectivity index is 1.97. The van der Waals surface area contributed by atoms with Gasteiger partial charge in [-0.1, -0.05) is 30.3 Å². The van der Waals surface area contributed by atoms with Crippen LogP contribution >= 0.6 is 0 Å². The molecule has 0 saturated heterocycles. The lowest BCUT2D eigenvalue weighted by molar-refractivity contribution is -0.135. The van der Waals surface area contributed by atoms with Crippen LogP contribution < -0.4 is 9.64 Å². The number of hydrogen-bond acceptors (Lipinski definition) is 3. The second-order valence-electron chi connectivity index (χ2n) is 4.43. The summed E-state index contributed by atoms with van der Waals surface area (Å²) in [6.45, 7) is 0.415. The van der Waals surface area contributed by atoms with Crippen LogP contribution in [-0.2, 0) is 4.79 Å².